The molecule has 1 amide bonds. The van der Waals surface area contributed by atoms with Crippen LogP contribution in [-0.2, 0) is 4.79 Å². The van der Waals surface area contributed by atoms with E-state index in [2.05, 4.69) is 34.5 Å². The molecule has 186 valence electrons. The minimum absolute atomic E-state index is 0.136. The minimum atomic E-state index is -0.528. The molecule has 0 unspecified atom stereocenters. The number of fused-ring (bicyclic) bond motifs is 1. The Morgan fingerprint density at radius 2 is 1.78 bits per heavy atom. The van der Waals surface area contributed by atoms with Gasteiger partial charge in [-0.2, -0.15) is 0 Å². The molecule has 4 heterocycles. The molecular weight excluding hydrogens is 500 g/mol. The van der Waals surface area contributed by atoms with Gasteiger partial charge in [0.05, 0.1) is 15.8 Å². The van der Waals surface area contributed by atoms with Crippen LogP contribution in [0.3, 0.4) is 0 Å². The zero-order valence-corrected chi connectivity index (χ0v) is 22.0. The Kier molecular flexibility index (Phi) is 6.36. The van der Waals surface area contributed by atoms with Crippen LogP contribution in [-0.4, -0.2) is 23.6 Å². The van der Waals surface area contributed by atoms with Crippen molar-refractivity contribution in [2.24, 2.45) is 4.99 Å². The third kappa shape index (κ3) is 4.58. The zero-order chi connectivity index (χ0) is 25.4. The molecule has 2 aromatic heterocycles. The number of anilines is 2. The lowest BCUT2D eigenvalue weighted by molar-refractivity contribution is -0.113. The van der Waals surface area contributed by atoms with Crippen molar-refractivity contribution in [3.63, 3.8) is 0 Å². The molecule has 2 aliphatic heterocycles. The van der Waals surface area contributed by atoms with Crippen LogP contribution in [0.5, 0.6) is 0 Å². The van der Waals surface area contributed by atoms with Gasteiger partial charge in [-0.25, -0.2) is 4.99 Å². The molecule has 2 aliphatic rings. The molecule has 6 rings (SSSR count). The highest BCUT2D eigenvalue weighted by Gasteiger charge is 2.33. The highest BCUT2D eigenvalue weighted by atomic mass is 32.1. The number of allylic oxidation sites excluding steroid dienone is 1. The summed E-state index contributed by atoms with van der Waals surface area (Å²) in [5.41, 5.74) is 3.86. The van der Waals surface area contributed by atoms with Gasteiger partial charge in [-0.3, -0.25) is 14.2 Å². The fourth-order valence-corrected chi connectivity index (χ4v) is 6.83. The maximum Gasteiger partial charge on any atom is 0.271 e. The van der Waals surface area contributed by atoms with Crippen molar-refractivity contribution in [2.45, 2.75) is 25.8 Å². The molecule has 4 aromatic rings. The largest absolute Gasteiger partial charge is 0.372 e. The molecule has 8 heteroatoms. The van der Waals surface area contributed by atoms with E-state index in [0.29, 0.717) is 26.3 Å². The SMILES string of the molecule is CC1=C(C(=O)Nc2ccccc2)[C@@H](c2cccs2)n2c(s/c(=C/c3ccc(N4CCCC4)cc3)c2=O)=N1. The first-order chi connectivity index (χ1) is 18.1. The lowest BCUT2D eigenvalue weighted by Crippen LogP contribution is -2.40. The summed E-state index contributed by atoms with van der Waals surface area (Å²) >= 11 is 2.90. The summed E-state index contributed by atoms with van der Waals surface area (Å²) < 4.78 is 2.28. The monoisotopic (exact) mass is 526 g/mol. The second-order valence-electron chi connectivity index (χ2n) is 9.20. The van der Waals surface area contributed by atoms with E-state index in [1.54, 1.807) is 4.57 Å². The molecule has 37 heavy (non-hydrogen) atoms. The Hall–Kier alpha value is -3.75. The van der Waals surface area contributed by atoms with Gasteiger partial charge in [0.1, 0.15) is 6.04 Å². The van der Waals surface area contributed by atoms with Gasteiger partial charge in [0.25, 0.3) is 11.5 Å². The molecule has 1 saturated heterocycles. The Morgan fingerprint density at radius 1 is 1.03 bits per heavy atom. The normalized spacial score (nSPS) is 17.6. The van der Waals surface area contributed by atoms with Crippen LogP contribution in [0, 0.1) is 0 Å². The molecule has 6 nitrogen and oxygen atoms in total. The summed E-state index contributed by atoms with van der Waals surface area (Å²) in [6.45, 7) is 4.04. The molecule has 1 atom stereocenters. The first-order valence-electron chi connectivity index (χ1n) is 12.4. The number of aromatic nitrogens is 1. The first-order valence-corrected chi connectivity index (χ1v) is 14.1. The third-order valence-electron chi connectivity index (χ3n) is 6.77. The summed E-state index contributed by atoms with van der Waals surface area (Å²) in [6.07, 6.45) is 4.39. The van der Waals surface area contributed by atoms with E-state index in [1.807, 2.05) is 60.8 Å². The smallest absolute Gasteiger partial charge is 0.271 e. The van der Waals surface area contributed by atoms with E-state index < -0.39 is 6.04 Å². The summed E-state index contributed by atoms with van der Waals surface area (Å²) in [4.78, 5) is 35.9. The van der Waals surface area contributed by atoms with Crippen molar-refractivity contribution in [1.82, 2.24) is 4.57 Å². The lowest BCUT2D eigenvalue weighted by atomic mass is 10.0. The summed E-state index contributed by atoms with van der Waals surface area (Å²) in [5.74, 6) is -0.252. The maximum absolute atomic E-state index is 13.8. The lowest BCUT2D eigenvalue weighted by Gasteiger charge is -2.24. The number of rotatable bonds is 5. The van der Waals surface area contributed by atoms with Crippen molar-refractivity contribution in [3.8, 4) is 0 Å². The number of hydrogen-bond acceptors (Lipinski definition) is 6. The second-order valence-corrected chi connectivity index (χ2v) is 11.2. The average molecular weight is 527 g/mol. The van der Waals surface area contributed by atoms with Gasteiger partial charge >= 0.3 is 0 Å². The number of amides is 1. The van der Waals surface area contributed by atoms with Gasteiger partial charge in [0, 0.05) is 29.3 Å². The predicted molar refractivity (Wildman–Crippen MR) is 151 cm³/mol. The van der Waals surface area contributed by atoms with Gasteiger partial charge in [-0.1, -0.05) is 47.7 Å². The van der Waals surface area contributed by atoms with E-state index >= 15 is 0 Å². The van der Waals surface area contributed by atoms with Crippen molar-refractivity contribution in [1.29, 1.82) is 0 Å². The topological polar surface area (TPSA) is 66.7 Å². The van der Waals surface area contributed by atoms with E-state index in [4.69, 9.17) is 4.99 Å². The molecule has 0 aliphatic carbocycles. The molecule has 0 spiro atoms. The maximum atomic E-state index is 13.8. The van der Waals surface area contributed by atoms with Crippen LogP contribution in [0.4, 0.5) is 11.4 Å². The Morgan fingerprint density at radius 3 is 2.49 bits per heavy atom. The van der Waals surface area contributed by atoms with Gasteiger partial charge in [0.2, 0.25) is 0 Å². The van der Waals surface area contributed by atoms with E-state index in [-0.39, 0.29) is 11.5 Å². The molecule has 0 saturated carbocycles. The number of carbonyl (C=O) groups is 1. The number of nitrogens with zero attached hydrogens (tertiary/aromatic N) is 3. The standard InChI is InChI=1S/C29H26N4O2S2/c1-19-25(27(34)31-21-8-3-2-4-9-21)26(23-10-7-17-36-23)33-28(35)24(37-29(33)30-19)18-20-11-13-22(14-12-20)32-15-5-6-16-32/h2-4,7-14,17-18,26H,5-6,15-16H2,1H3,(H,31,34)/b24-18+/t26-/m1/s1. The van der Waals surface area contributed by atoms with Crippen LogP contribution in [0.25, 0.3) is 6.08 Å². The highest BCUT2D eigenvalue weighted by Crippen LogP contribution is 2.33. The van der Waals surface area contributed by atoms with Crippen LogP contribution in [0.1, 0.15) is 36.2 Å². The van der Waals surface area contributed by atoms with Gasteiger partial charge in [-0.05, 0) is 67.1 Å². The Balaban J connectivity index is 1.40. The summed E-state index contributed by atoms with van der Waals surface area (Å²) in [7, 11) is 0. The highest BCUT2D eigenvalue weighted by molar-refractivity contribution is 7.10. The molecule has 0 radical (unpaired) electrons. The molecule has 0 bridgehead atoms. The van der Waals surface area contributed by atoms with Gasteiger partial charge in [0.15, 0.2) is 4.80 Å². The van der Waals surface area contributed by atoms with Crippen LogP contribution in [0.2, 0.25) is 0 Å². The molecule has 1 N–H and O–H groups in total. The van der Waals surface area contributed by atoms with Crippen LogP contribution < -0.4 is 25.1 Å². The predicted octanol–water partition coefficient (Wildman–Crippen LogP) is 4.54. The first kappa shape index (κ1) is 23.6. The van der Waals surface area contributed by atoms with Crippen LogP contribution in [0.15, 0.2) is 93.2 Å². The minimum Gasteiger partial charge on any atom is -0.372 e. The number of thiophene rings is 1. The van der Waals surface area contributed by atoms with Crippen molar-refractivity contribution in [2.75, 3.05) is 23.3 Å². The average Bonchev–Trinajstić information content (AvgIpc) is 3.68. The number of nitrogens with one attached hydrogen (secondary N) is 1. The van der Waals surface area contributed by atoms with Crippen molar-refractivity contribution >= 4 is 46.0 Å². The van der Waals surface area contributed by atoms with Crippen molar-refractivity contribution in [3.05, 3.63) is 114 Å². The Labute approximate surface area is 222 Å². The Bertz CT molecular complexity index is 1640. The third-order valence-corrected chi connectivity index (χ3v) is 8.68. The summed E-state index contributed by atoms with van der Waals surface area (Å²) in [6, 6.07) is 21.1. The van der Waals surface area contributed by atoms with E-state index in [1.165, 1.54) is 41.2 Å². The number of carbonyl (C=O) groups excluding carboxylic acids is 1. The molecular formula is C29H26N4O2S2. The number of para-hydroxylation sites is 1. The van der Waals surface area contributed by atoms with E-state index in [9.17, 15) is 9.59 Å². The molecule has 2 aromatic carbocycles. The van der Waals surface area contributed by atoms with Gasteiger partial charge in [-0.15, -0.1) is 11.3 Å². The fourth-order valence-electron chi connectivity index (χ4n) is 4.96. The fraction of sp³-hybridized carbons (Fsp3) is 0.207. The molecule has 1 fully saturated rings. The number of benzene rings is 2. The van der Waals surface area contributed by atoms with Crippen molar-refractivity contribution < 1.29 is 4.79 Å². The van der Waals surface area contributed by atoms with Crippen LogP contribution >= 0.6 is 22.7 Å². The van der Waals surface area contributed by atoms with E-state index in [0.717, 1.165) is 23.5 Å². The quantitative estimate of drug-likeness (QED) is 0.415. The number of hydrogen-bond donors (Lipinski definition) is 1. The summed E-state index contributed by atoms with van der Waals surface area (Å²) in [5, 5.41) is 4.95. The van der Waals surface area contributed by atoms with Gasteiger partial charge < -0.3 is 10.2 Å². The number of thiazole rings is 1. The zero-order valence-electron chi connectivity index (χ0n) is 20.4. The second kappa shape index (κ2) is 9.95.